The van der Waals surface area contributed by atoms with Gasteiger partial charge < -0.3 is 4.90 Å². The van der Waals surface area contributed by atoms with Crippen molar-refractivity contribution in [3.05, 3.63) is 29.8 Å². The van der Waals surface area contributed by atoms with Crippen LogP contribution in [0.25, 0.3) is 0 Å². The maximum absolute atomic E-state index is 13.0. The molecule has 0 aromatic heterocycles. The Bertz CT molecular complexity index is 881. The molecule has 0 aliphatic heterocycles. The summed E-state index contributed by atoms with van der Waals surface area (Å²) in [4.78, 5) is 14.9. The Morgan fingerprint density at radius 2 is 1.82 bits per heavy atom. The van der Waals surface area contributed by atoms with Gasteiger partial charge in [0, 0.05) is 19.2 Å². The zero-order valence-corrected chi connectivity index (χ0v) is 17.2. The largest absolute Gasteiger partial charge is 0.341 e. The molecule has 4 bridgehead atoms. The molecule has 0 saturated heterocycles. The molecule has 4 aliphatic carbocycles. The fraction of sp³-hybridized carbons (Fsp3) is 0.591. The highest BCUT2D eigenvalue weighted by atomic mass is 32.2. The average molecular weight is 401 g/mol. The van der Waals surface area contributed by atoms with Gasteiger partial charge in [0.05, 0.1) is 11.4 Å². The number of rotatable bonds is 6. The molecule has 5 nitrogen and oxygen atoms in total. The Balaban J connectivity index is 1.49. The van der Waals surface area contributed by atoms with Crippen molar-refractivity contribution < 1.29 is 13.2 Å². The van der Waals surface area contributed by atoms with E-state index in [-0.39, 0.29) is 22.8 Å². The predicted octanol–water partition coefficient (Wildman–Crippen LogP) is 2.89. The van der Waals surface area contributed by atoms with Gasteiger partial charge in [0.15, 0.2) is 0 Å². The quantitative estimate of drug-likeness (QED) is 0.747. The van der Waals surface area contributed by atoms with Gasteiger partial charge in [-0.25, -0.2) is 8.42 Å². The van der Waals surface area contributed by atoms with Gasteiger partial charge in [-0.05, 0) is 79.9 Å². The molecule has 0 heterocycles. The van der Waals surface area contributed by atoms with E-state index in [0.717, 1.165) is 24.3 Å². The summed E-state index contributed by atoms with van der Waals surface area (Å²) in [5, 5.41) is 0. The number of nitrogens with one attached hydrogen (secondary N) is 1. The highest BCUT2D eigenvalue weighted by molar-refractivity contribution is 7.89. The molecule has 4 saturated carbocycles. The lowest BCUT2D eigenvalue weighted by molar-refractivity contribution is -0.0629. The van der Waals surface area contributed by atoms with Crippen molar-refractivity contribution in [3.8, 4) is 12.3 Å². The highest BCUT2D eigenvalue weighted by Gasteiger charge is 2.51. The number of sulfonamides is 1. The van der Waals surface area contributed by atoms with E-state index in [9.17, 15) is 13.2 Å². The minimum absolute atomic E-state index is 0.0665. The molecular formula is C22H28N2O3S. The highest BCUT2D eigenvalue weighted by Crippen LogP contribution is 2.60. The number of carbonyl (C=O) groups excluding carboxylic acids is 1. The minimum Gasteiger partial charge on any atom is -0.341 e. The fourth-order valence-electron chi connectivity index (χ4n) is 6.30. The molecule has 28 heavy (non-hydrogen) atoms. The molecule has 0 spiro atoms. The molecule has 6 heteroatoms. The number of hydrogen-bond donors (Lipinski definition) is 1. The number of nitrogens with zero attached hydrogens (tertiary/aromatic N) is 1. The summed E-state index contributed by atoms with van der Waals surface area (Å²) in [5.41, 5.74) is 0.660. The van der Waals surface area contributed by atoms with E-state index in [1.807, 2.05) is 7.05 Å². The van der Waals surface area contributed by atoms with E-state index in [1.165, 1.54) is 50.7 Å². The summed E-state index contributed by atoms with van der Waals surface area (Å²) in [7, 11) is -1.87. The van der Waals surface area contributed by atoms with E-state index in [2.05, 4.69) is 10.6 Å². The Morgan fingerprint density at radius 3 is 2.39 bits per heavy atom. The van der Waals surface area contributed by atoms with Crippen LogP contribution >= 0.6 is 0 Å². The third-order valence-electron chi connectivity index (χ3n) is 6.84. The van der Waals surface area contributed by atoms with E-state index in [0.29, 0.717) is 5.56 Å². The van der Waals surface area contributed by atoms with E-state index < -0.39 is 10.0 Å². The molecule has 4 fully saturated rings. The number of amides is 1. The molecule has 0 atom stereocenters. The third kappa shape index (κ3) is 3.70. The van der Waals surface area contributed by atoms with E-state index in [1.54, 1.807) is 17.0 Å². The second-order valence-corrected chi connectivity index (χ2v) is 10.9. The third-order valence-corrected chi connectivity index (χ3v) is 8.24. The summed E-state index contributed by atoms with van der Waals surface area (Å²) >= 11 is 0. The van der Waals surface area contributed by atoms with Gasteiger partial charge in [-0.1, -0.05) is 12.0 Å². The Labute approximate surface area is 167 Å². The van der Waals surface area contributed by atoms with E-state index >= 15 is 0 Å². The fourth-order valence-corrected chi connectivity index (χ4v) is 7.28. The number of hydrogen-bond acceptors (Lipinski definition) is 3. The summed E-state index contributed by atoms with van der Waals surface area (Å²) in [6.07, 6.45) is 13.0. The van der Waals surface area contributed by atoms with Crippen molar-refractivity contribution >= 4 is 15.9 Å². The first-order chi connectivity index (χ1) is 13.3. The molecular weight excluding hydrogens is 372 g/mol. The average Bonchev–Trinajstić information content (AvgIpc) is 2.64. The Hall–Kier alpha value is -1.84. The zero-order chi connectivity index (χ0) is 19.9. The van der Waals surface area contributed by atoms with Gasteiger partial charge in [0.1, 0.15) is 0 Å². The molecule has 0 unspecified atom stereocenters. The van der Waals surface area contributed by atoms with Gasteiger partial charge in [0.25, 0.3) is 5.91 Å². The minimum atomic E-state index is -3.71. The smallest absolute Gasteiger partial charge is 0.253 e. The van der Waals surface area contributed by atoms with Crippen LogP contribution in [0.3, 0.4) is 0 Å². The maximum Gasteiger partial charge on any atom is 0.253 e. The van der Waals surface area contributed by atoms with Gasteiger partial charge in [-0.2, -0.15) is 4.72 Å². The van der Waals surface area contributed by atoms with Crippen molar-refractivity contribution in [3.63, 3.8) is 0 Å². The molecule has 1 N–H and O–H groups in total. The standard InChI is InChI=1S/C22H28N2O3S/c1-3-7-23-28(26,27)20-6-4-5-19(11-20)21(25)24(2)15-22-12-16-8-17(13-22)10-18(9-16)14-22/h1,4-6,11,16-18,23H,7-10,12-15H2,2H3. The normalized spacial score (nSPS) is 30.8. The van der Waals surface area contributed by atoms with Crippen LogP contribution in [0.5, 0.6) is 0 Å². The molecule has 0 radical (unpaired) electrons. The van der Waals surface area contributed by atoms with Crippen molar-refractivity contribution in [2.75, 3.05) is 20.1 Å². The monoisotopic (exact) mass is 400 g/mol. The van der Waals surface area contributed by atoms with Crippen molar-refractivity contribution in [1.29, 1.82) is 0 Å². The Morgan fingerprint density at radius 1 is 1.21 bits per heavy atom. The lowest BCUT2D eigenvalue weighted by atomic mass is 9.49. The summed E-state index contributed by atoms with van der Waals surface area (Å²) in [6.45, 7) is 0.689. The first kappa shape index (κ1) is 19.5. The van der Waals surface area contributed by atoms with Crippen LogP contribution in [0.2, 0.25) is 0 Å². The molecule has 4 aliphatic rings. The maximum atomic E-state index is 13.0. The molecule has 1 aromatic carbocycles. The van der Waals surface area contributed by atoms with Crippen LogP contribution in [0.1, 0.15) is 48.9 Å². The van der Waals surface area contributed by atoms with Crippen LogP contribution in [0, 0.1) is 35.5 Å². The summed E-state index contributed by atoms with van der Waals surface area (Å²) in [6, 6.07) is 6.21. The first-order valence-electron chi connectivity index (χ1n) is 10.1. The van der Waals surface area contributed by atoms with Gasteiger partial charge in [0.2, 0.25) is 10.0 Å². The summed E-state index contributed by atoms with van der Waals surface area (Å²) < 4.78 is 26.9. The predicted molar refractivity (Wildman–Crippen MR) is 108 cm³/mol. The van der Waals surface area contributed by atoms with Crippen molar-refractivity contribution in [2.45, 2.75) is 43.4 Å². The second-order valence-electron chi connectivity index (χ2n) is 9.14. The van der Waals surface area contributed by atoms with Gasteiger partial charge in [-0.15, -0.1) is 6.42 Å². The van der Waals surface area contributed by atoms with Crippen LogP contribution in [0.15, 0.2) is 29.2 Å². The van der Waals surface area contributed by atoms with Gasteiger partial charge in [-0.3, -0.25) is 4.79 Å². The lowest BCUT2D eigenvalue weighted by Gasteiger charge is -2.57. The van der Waals surface area contributed by atoms with Crippen molar-refractivity contribution in [1.82, 2.24) is 9.62 Å². The Kier molecular flexibility index (Phi) is 5.01. The zero-order valence-electron chi connectivity index (χ0n) is 16.4. The number of terminal acetylenes is 1. The van der Waals surface area contributed by atoms with Crippen LogP contribution in [-0.2, 0) is 10.0 Å². The van der Waals surface area contributed by atoms with E-state index in [4.69, 9.17) is 6.42 Å². The number of benzene rings is 1. The molecule has 1 amide bonds. The molecule has 150 valence electrons. The van der Waals surface area contributed by atoms with Crippen LogP contribution < -0.4 is 4.72 Å². The second kappa shape index (κ2) is 7.20. The topological polar surface area (TPSA) is 66.5 Å². The number of carbonyl (C=O) groups is 1. The first-order valence-corrected chi connectivity index (χ1v) is 11.6. The van der Waals surface area contributed by atoms with Gasteiger partial charge >= 0.3 is 0 Å². The lowest BCUT2D eigenvalue weighted by Crippen LogP contribution is -2.51. The summed E-state index contributed by atoms with van der Waals surface area (Å²) in [5.74, 6) is 4.65. The van der Waals surface area contributed by atoms with Crippen molar-refractivity contribution in [2.24, 2.45) is 23.2 Å². The molecule has 1 aromatic rings. The SMILES string of the molecule is C#CCNS(=O)(=O)c1cccc(C(=O)N(C)CC23CC4CC(CC(C4)C2)C3)c1. The van der Waals surface area contributed by atoms with Crippen LogP contribution in [0.4, 0.5) is 0 Å². The molecule has 5 rings (SSSR count). The van der Waals surface area contributed by atoms with Crippen LogP contribution in [-0.4, -0.2) is 39.4 Å².